The first kappa shape index (κ1) is 18.1. The Kier molecular flexibility index (Phi) is 6.49. The molecule has 2 aromatic carbocycles. The number of anilines is 1. The summed E-state index contributed by atoms with van der Waals surface area (Å²) in [6, 6.07) is 13.0. The molecule has 0 heterocycles. The lowest BCUT2D eigenvalue weighted by Gasteiger charge is -2.13. The Morgan fingerprint density at radius 1 is 1.12 bits per heavy atom. The SMILES string of the molecule is C[C@@H](OC(=O)CCc1ccc(F)cc1)C(=O)Nc1ccc(Br)cc1. The van der Waals surface area contributed by atoms with Crippen LogP contribution in [0, 0.1) is 5.82 Å². The Morgan fingerprint density at radius 3 is 2.38 bits per heavy atom. The van der Waals surface area contributed by atoms with Crippen molar-refractivity contribution in [1.82, 2.24) is 0 Å². The van der Waals surface area contributed by atoms with Crippen LogP contribution < -0.4 is 5.32 Å². The lowest BCUT2D eigenvalue weighted by atomic mass is 10.1. The summed E-state index contributed by atoms with van der Waals surface area (Å²) < 4.78 is 18.8. The van der Waals surface area contributed by atoms with Crippen LogP contribution in [0.2, 0.25) is 0 Å². The van der Waals surface area contributed by atoms with Crippen molar-refractivity contribution in [2.45, 2.75) is 25.9 Å². The Bertz CT molecular complexity index is 701. The van der Waals surface area contributed by atoms with Crippen molar-refractivity contribution in [3.63, 3.8) is 0 Å². The molecule has 0 aromatic heterocycles. The predicted molar refractivity (Wildman–Crippen MR) is 93.0 cm³/mol. The minimum atomic E-state index is -0.894. The van der Waals surface area contributed by atoms with Crippen LogP contribution in [0.3, 0.4) is 0 Å². The molecule has 0 unspecified atom stereocenters. The molecule has 0 saturated heterocycles. The fourth-order valence-electron chi connectivity index (χ4n) is 1.98. The van der Waals surface area contributed by atoms with Gasteiger partial charge in [-0.25, -0.2) is 4.39 Å². The number of halogens is 2. The summed E-state index contributed by atoms with van der Waals surface area (Å²) in [5, 5.41) is 2.68. The van der Waals surface area contributed by atoms with Gasteiger partial charge in [-0.3, -0.25) is 9.59 Å². The van der Waals surface area contributed by atoms with E-state index in [1.54, 1.807) is 36.4 Å². The Labute approximate surface area is 148 Å². The Hall–Kier alpha value is -2.21. The minimum Gasteiger partial charge on any atom is -0.453 e. The van der Waals surface area contributed by atoms with Crippen LogP contribution >= 0.6 is 15.9 Å². The number of carbonyl (C=O) groups excluding carboxylic acids is 2. The van der Waals surface area contributed by atoms with Gasteiger partial charge in [0.05, 0.1) is 0 Å². The fourth-order valence-corrected chi connectivity index (χ4v) is 2.25. The molecule has 1 atom stereocenters. The highest BCUT2D eigenvalue weighted by atomic mass is 79.9. The molecule has 2 aromatic rings. The second kappa shape index (κ2) is 8.59. The molecule has 0 fully saturated rings. The molecule has 0 aliphatic heterocycles. The molecular weight excluding hydrogens is 377 g/mol. The number of carbonyl (C=O) groups is 2. The predicted octanol–water partition coefficient (Wildman–Crippen LogP) is 4.09. The largest absolute Gasteiger partial charge is 0.453 e. The van der Waals surface area contributed by atoms with Crippen molar-refractivity contribution in [3.05, 3.63) is 64.4 Å². The summed E-state index contributed by atoms with van der Waals surface area (Å²) >= 11 is 3.31. The van der Waals surface area contributed by atoms with Crippen molar-refractivity contribution in [3.8, 4) is 0 Å². The minimum absolute atomic E-state index is 0.127. The van der Waals surface area contributed by atoms with Crippen LogP contribution in [0.4, 0.5) is 10.1 Å². The lowest BCUT2D eigenvalue weighted by molar-refractivity contribution is -0.153. The number of hydrogen-bond donors (Lipinski definition) is 1. The fraction of sp³-hybridized carbons (Fsp3) is 0.222. The van der Waals surface area contributed by atoms with Gasteiger partial charge < -0.3 is 10.1 Å². The number of nitrogens with one attached hydrogen (secondary N) is 1. The van der Waals surface area contributed by atoms with E-state index in [0.29, 0.717) is 12.1 Å². The number of esters is 1. The van der Waals surface area contributed by atoms with Gasteiger partial charge in [0, 0.05) is 16.6 Å². The normalized spacial score (nSPS) is 11.6. The molecule has 6 heteroatoms. The molecule has 0 saturated carbocycles. The highest BCUT2D eigenvalue weighted by Crippen LogP contribution is 2.14. The molecule has 0 aliphatic rings. The summed E-state index contributed by atoms with van der Waals surface area (Å²) in [7, 11) is 0. The van der Waals surface area contributed by atoms with Crippen molar-refractivity contribution < 1.29 is 18.7 Å². The summed E-state index contributed by atoms with van der Waals surface area (Å²) in [6.07, 6.45) is -0.337. The maximum Gasteiger partial charge on any atom is 0.306 e. The quantitative estimate of drug-likeness (QED) is 0.751. The summed E-state index contributed by atoms with van der Waals surface area (Å²) in [6.45, 7) is 1.52. The molecule has 2 rings (SSSR count). The van der Waals surface area contributed by atoms with Crippen molar-refractivity contribution in [1.29, 1.82) is 0 Å². The van der Waals surface area contributed by atoms with Crippen LogP contribution in [-0.2, 0) is 20.7 Å². The maximum atomic E-state index is 12.8. The smallest absolute Gasteiger partial charge is 0.306 e. The van der Waals surface area contributed by atoms with Crippen molar-refractivity contribution in [2.75, 3.05) is 5.32 Å². The standard InChI is InChI=1S/C18H17BrFNO3/c1-12(18(23)21-16-9-5-14(19)6-10-16)24-17(22)11-4-13-2-7-15(20)8-3-13/h2-3,5-10,12H,4,11H2,1H3,(H,21,23)/t12-/m1/s1. The third-order valence-corrected chi connectivity index (χ3v) is 3.85. The number of rotatable bonds is 6. The van der Waals surface area contributed by atoms with Crippen molar-refractivity contribution in [2.24, 2.45) is 0 Å². The first-order valence-electron chi connectivity index (χ1n) is 7.44. The highest BCUT2D eigenvalue weighted by Gasteiger charge is 2.17. The Morgan fingerprint density at radius 2 is 1.75 bits per heavy atom. The van der Waals surface area contributed by atoms with E-state index < -0.39 is 18.0 Å². The van der Waals surface area contributed by atoms with Gasteiger partial charge in [-0.05, 0) is 55.3 Å². The molecular formula is C18H17BrFNO3. The van der Waals surface area contributed by atoms with Crippen LogP contribution in [0.25, 0.3) is 0 Å². The third-order valence-electron chi connectivity index (χ3n) is 3.32. The number of ether oxygens (including phenoxy) is 1. The van der Waals surface area contributed by atoms with Gasteiger partial charge in [-0.1, -0.05) is 28.1 Å². The number of hydrogen-bond acceptors (Lipinski definition) is 3. The van der Waals surface area contributed by atoms with Crippen LogP contribution in [0.1, 0.15) is 18.9 Å². The number of benzene rings is 2. The Balaban J connectivity index is 1.78. The van der Waals surface area contributed by atoms with E-state index in [1.165, 1.54) is 19.1 Å². The lowest BCUT2D eigenvalue weighted by Crippen LogP contribution is -2.30. The molecule has 0 aliphatic carbocycles. The van der Waals surface area contributed by atoms with Crippen LogP contribution in [0.5, 0.6) is 0 Å². The van der Waals surface area contributed by atoms with Gasteiger partial charge >= 0.3 is 5.97 Å². The molecule has 1 amide bonds. The molecule has 4 nitrogen and oxygen atoms in total. The topological polar surface area (TPSA) is 55.4 Å². The number of aryl methyl sites for hydroxylation is 1. The average molecular weight is 394 g/mol. The van der Waals surface area contributed by atoms with Crippen LogP contribution in [-0.4, -0.2) is 18.0 Å². The van der Waals surface area contributed by atoms with E-state index in [0.717, 1.165) is 10.0 Å². The third kappa shape index (κ3) is 5.77. The van der Waals surface area contributed by atoms with Crippen LogP contribution in [0.15, 0.2) is 53.0 Å². The van der Waals surface area contributed by atoms with E-state index in [4.69, 9.17) is 4.74 Å². The van der Waals surface area contributed by atoms with Gasteiger partial charge in [-0.2, -0.15) is 0 Å². The molecule has 24 heavy (non-hydrogen) atoms. The van der Waals surface area contributed by atoms with Gasteiger partial charge in [-0.15, -0.1) is 0 Å². The van der Waals surface area contributed by atoms with E-state index >= 15 is 0 Å². The summed E-state index contributed by atoms with van der Waals surface area (Å²) in [4.78, 5) is 23.8. The van der Waals surface area contributed by atoms with E-state index in [1.807, 2.05) is 0 Å². The van der Waals surface area contributed by atoms with Crippen molar-refractivity contribution >= 4 is 33.5 Å². The molecule has 126 valence electrons. The van der Waals surface area contributed by atoms with Gasteiger partial charge in [0.1, 0.15) is 5.82 Å². The monoisotopic (exact) mass is 393 g/mol. The van der Waals surface area contributed by atoms with E-state index in [2.05, 4.69) is 21.2 Å². The summed E-state index contributed by atoms with van der Waals surface area (Å²) in [5.74, 6) is -1.19. The second-order valence-electron chi connectivity index (χ2n) is 5.25. The first-order chi connectivity index (χ1) is 11.4. The molecule has 0 radical (unpaired) electrons. The number of amides is 1. The van der Waals surface area contributed by atoms with Gasteiger partial charge in [0.15, 0.2) is 6.10 Å². The second-order valence-corrected chi connectivity index (χ2v) is 6.17. The maximum absolute atomic E-state index is 12.8. The van der Waals surface area contributed by atoms with E-state index in [9.17, 15) is 14.0 Å². The summed E-state index contributed by atoms with van der Waals surface area (Å²) in [5.41, 5.74) is 1.46. The van der Waals surface area contributed by atoms with E-state index in [-0.39, 0.29) is 12.2 Å². The van der Waals surface area contributed by atoms with Gasteiger partial charge in [0.2, 0.25) is 0 Å². The molecule has 1 N–H and O–H groups in total. The average Bonchev–Trinajstić information content (AvgIpc) is 2.56. The highest BCUT2D eigenvalue weighted by molar-refractivity contribution is 9.10. The molecule has 0 spiro atoms. The zero-order valence-electron chi connectivity index (χ0n) is 13.1. The van der Waals surface area contributed by atoms with Gasteiger partial charge in [0.25, 0.3) is 5.91 Å². The zero-order valence-corrected chi connectivity index (χ0v) is 14.7. The first-order valence-corrected chi connectivity index (χ1v) is 8.23. The zero-order chi connectivity index (χ0) is 17.5. The molecule has 0 bridgehead atoms.